The molecule has 1 aliphatic heterocycles. The van der Waals surface area contributed by atoms with Crippen molar-refractivity contribution in [1.29, 1.82) is 0 Å². The topological polar surface area (TPSA) is 93.1 Å². The van der Waals surface area contributed by atoms with Gasteiger partial charge in [-0.15, -0.1) is 0 Å². The van der Waals surface area contributed by atoms with E-state index in [-0.39, 0.29) is 31.4 Å². The number of ether oxygens (including phenoxy) is 2. The lowest BCUT2D eigenvalue weighted by Gasteiger charge is -2.28. The minimum Gasteiger partial charge on any atom is -0.497 e. The molecule has 7 nitrogen and oxygen atoms in total. The Balaban J connectivity index is 1.62. The molecule has 0 unspecified atom stereocenters. The molecule has 4 rings (SSSR count). The Labute approximate surface area is 196 Å². The van der Waals surface area contributed by atoms with Gasteiger partial charge in [-0.05, 0) is 53.1 Å². The molecule has 0 aliphatic carbocycles. The average Bonchev–Trinajstić information content (AvgIpc) is 2.85. The highest BCUT2D eigenvalue weighted by Crippen LogP contribution is 2.31. The summed E-state index contributed by atoms with van der Waals surface area (Å²) in [5.74, 6) is -0.405. The summed E-state index contributed by atoms with van der Waals surface area (Å²) in [5, 5.41) is 8.73. The summed E-state index contributed by atoms with van der Waals surface area (Å²) >= 11 is 0. The van der Waals surface area contributed by atoms with Crippen molar-refractivity contribution in [3.63, 3.8) is 0 Å². The molecule has 0 radical (unpaired) electrons. The molecule has 1 N–H and O–H groups in total. The fraction of sp³-hybridized carbons (Fsp3) is 0.148. The van der Waals surface area contributed by atoms with Gasteiger partial charge >= 0.3 is 5.97 Å². The Bertz CT molecular complexity index is 1240. The lowest BCUT2D eigenvalue weighted by Crippen LogP contribution is -2.41. The van der Waals surface area contributed by atoms with Crippen LogP contribution in [0.1, 0.15) is 33.5 Å². The Morgan fingerprint density at radius 3 is 2.18 bits per heavy atom. The molecule has 0 bridgehead atoms. The summed E-state index contributed by atoms with van der Waals surface area (Å²) in [7, 11) is 1.58. The number of aliphatic carboxylic acids is 1. The molecule has 7 heteroatoms. The summed E-state index contributed by atoms with van der Waals surface area (Å²) < 4.78 is 10.6. The molecule has 34 heavy (non-hydrogen) atoms. The first-order chi connectivity index (χ1) is 16.5. The van der Waals surface area contributed by atoms with Gasteiger partial charge in [0.2, 0.25) is 0 Å². The van der Waals surface area contributed by atoms with Gasteiger partial charge in [0.1, 0.15) is 11.5 Å². The van der Waals surface area contributed by atoms with Crippen molar-refractivity contribution in [2.75, 3.05) is 13.7 Å². The Morgan fingerprint density at radius 2 is 1.53 bits per heavy atom. The molecule has 0 atom stereocenters. The molecule has 0 aromatic heterocycles. The first-order valence-corrected chi connectivity index (χ1v) is 10.7. The molecule has 3 aromatic rings. The van der Waals surface area contributed by atoms with Gasteiger partial charge in [0.25, 0.3) is 11.8 Å². The van der Waals surface area contributed by atoms with Gasteiger partial charge in [-0.3, -0.25) is 19.3 Å². The van der Waals surface area contributed by atoms with Crippen LogP contribution in [-0.4, -0.2) is 41.5 Å². The van der Waals surface area contributed by atoms with E-state index in [0.717, 1.165) is 11.1 Å². The van der Waals surface area contributed by atoms with Crippen molar-refractivity contribution >= 4 is 29.4 Å². The van der Waals surface area contributed by atoms with Crippen LogP contribution in [0.2, 0.25) is 0 Å². The van der Waals surface area contributed by atoms with Gasteiger partial charge in [-0.25, -0.2) is 0 Å². The zero-order valence-electron chi connectivity index (χ0n) is 18.6. The average molecular weight is 457 g/mol. The predicted molar refractivity (Wildman–Crippen MR) is 126 cm³/mol. The van der Waals surface area contributed by atoms with E-state index in [1.54, 1.807) is 73.8 Å². The molecular weight excluding hydrogens is 434 g/mol. The molecular formula is C27H23NO6. The number of benzene rings is 3. The summed E-state index contributed by atoms with van der Waals surface area (Å²) in [6.07, 6.45) is 1.66. The van der Waals surface area contributed by atoms with E-state index in [4.69, 9.17) is 14.6 Å². The number of carbonyl (C=O) groups excluding carboxylic acids is 2. The van der Waals surface area contributed by atoms with E-state index in [0.29, 0.717) is 28.2 Å². The summed E-state index contributed by atoms with van der Waals surface area (Å²) in [4.78, 5) is 38.5. The SMILES string of the molecule is COc1ccc(CN2C(=O)/C(=C\c3ccc(OCCC(=O)O)cc3)c3ccccc3C2=O)cc1. The standard InChI is InChI=1S/C27H23NO6/c1-33-20-10-8-19(9-11-20)17-28-26(31)23-5-3-2-4-22(23)24(27(28)32)16-18-6-12-21(13-7-18)34-15-14-25(29)30/h2-13,16H,14-15,17H2,1H3,(H,29,30)/b24-16-. The molecule has 2 amide bonds. The van der Waals surface area contributed by atoms with E-state index in [2.05, 4.69) is 0 Å². The predicted octanol–water partition coefficient (Wildman–Crippen LogP) is 4.27. The minimum atomic E-state index is -0.926. The molecule has 0 spiro atoms. The Kier molecular flexibility index (Phi) is 6.73. The van der Waals surface area contributed by atoms with Crippen LogP contribution in [0.5, 0.6) is 11.5 Å². The van der Waals surface area contributed by atoms with Gasteiger partial charge in [-0.1, -0.05) is 42.5 Å². The number of carbonyl (C=O) groups is 3. The maximum absolute atomic E-state index is 13.4. The van der Waals surface area contributed by atoms with Crippen LogP contribution in [0.4, 0.5) is 0 Å². The molecule has 3 aromatic carbocycles. The summed E-state index contributed by atoms with van der Waals surface area (Å²) in [5.41, 5.74) is 3.04. The van der Waals surface area contributed by atoms with E-state index in [1.807, 2.05) is 12.1 Å². The summed E-state index contributed by atoms with van der Waals surface area (Å²) in [6.45, 7) is 0.216. The minimum absolute atomic E-state index is 0.0735. The van der Waals surface area contributed by atoms with Gasteiger partial charge in [0.05, 0.1) is 26.7 Å². The summed E-state index contributed by atoms with van der Waals surface area (Å²) in [6, 6.07) is 21.3. The van der Waals surface area contributed by atoms with Crippen molar-refractivity contribution in [2.24, 2.45) is 0 Å². The highest BCUT2D eigenvalue weighted by atomic mass is 16.5. The zero-order valence-corrected chi connectivity index (χ0v) is 18.6. The van der Waals surface area contributed by atoms with Crippen molar-refractivity contribution < 1.29 is 29.0 Å². The van der Waals surface area contributed by atoms with Crippen LogP contribution < -0.4 is 9.47 Å². The molecule has 172 valence electrons. The van der Waals surface area contributed by atoms with Crippen molar-refractivity contribution in [3.8, 4) is 11.5 Å². The normalized spacial score (nSPS) is 14.1. The quantitative estimate of drug-likeness (QED) is 0.401. The number of fused-ring (bicyclic) bond motifs is 1. The molecule has 1 aliphatic rings. The van der Waals surface area contributed by atoms with Gasteiger partial charge in [-0.2, -0.15) is 0 Å². The van der Waals surface area contributed by atoms with Crippen LogP contribution in [0.15, 0.2) is 72.8 Å². The number of carboxylic acid groups (broad SMARTS) is 1. The third-order valence-corrected chi connectivity index (χ3v) is 5.44. The van der Waals surface area contributed by atoms with E-state index in [1.165, 1.54) is 4.90 Å². The molecule has 1 heterocycles. The molecule has 0 fully saturated rings. The number of hydrogen-bond acceptors (Lipinski definition) is 5. The third-order valence-electron chi connectivity index (χ3n) is 5.44. The van der Waals surface area contributed by atoms with Crippen LogP contribution in [0.25, 0.3) is 11.6 Å². The van der Waals surface area contributed by atoms with Gasteiger partial charge in [0, 0.05) is 11.1 Å². The first-order valence-electron chi connectivity index (χ1n) is 10.7. The number of rotatable bonds is 8. The maximum atomic E-state index is 13.4. The number of imide groups is 1. The van der Waals surface area contributed by atoms with Crippen LogP contribution >= 0.6 is 0 Å². The van der Waals surface area contributed by atoms with Crippen LogP contribution in [0.3, 0.4) is 0 Å². The van der Waals surface area contributed by atoms with Crippen LogP contribution in [0, 0.1) is 0 Å². The molecule has 0 saturated heterocycles. The van der Waals surface area contributed by atoms with E-state index < -0.39 is 5.97 Å². The lowest BCUT2D eigenvalue weighted by atomic mass is 9.91. The largest absolute Gasteiger partial charge is 0.497 e. The monoisotopic (exact) mass is 457 g/mol. The maximum Gasteiger partial charge on any atom is 0.306 e. The number of amides is 2. The van der Waals surface area contributed by atoms with Crippen molar-refractivity contribution in [3.05, 3.63) is 95.1 Å². The smallest absolute Gasteiger partial charge is 0.306 e. The Morgan fingerprint density at radius 1 is 0.882 bits per heavy atom. The first kappa shape index (κ1) is 22.8. The lowest BCUT2D eigenvalue weighted by molar-refractivity contribution is -0.137. The van der Waals surface area contributed by atoms with Gasteiger partial charge < -0.3 is 14.6 Å². The van der Waals surface area contributed by atoms with Crippen molar-refractivity contribution in [1.82, 2.24) is 4.90 Å². The van der Waals surface area contributed by atoms with E-state index in [9.17, 15) is 14.4 Å². The Hall–Kier alpha value is -4.39. The number of nitrogens with zero attached hydrogens (tertiary/aromatic N) is 1. The number of carboxylic acids is 1. The third kappa shape index (κ3) is 4.99. The van der Waals surface area contributed by atoms with Gasteiger partial charge in [0.15, 0.2) is 0 Å². The number of hydrogen-bond donors (Lipinski definition) is 1. The van der Waals surface area contributed by atoms with E-state index >= 15 is 0 Å². The fourth-order valence-corrected chi connectivity index (χ4v) is 3.68. The second-order valence-electron chi connectivity index (χ2n) is 7.71. The molecule has 0 saturated carbocycles. The fourth-order valence-electron chi connectivity index (χ4n) is 3.68. The van der Waals surface area contributed by atoms with Crippen molar-refractivity contribution in [2.45, 2.75) is 13.0 Å². The second kappa shape index (κ2) is 10.0. The van der Waals surface area contributed by atoms with Crippen LogP contribution in [-0.2, 0) is 16.1 Å². The highest BCUT2D eigenvalue weighted by Gasteiger charge is 2.34. The highest BCUT2D eigenvalue weighted by molar-refractivity contribution is 6.33. The second-order valence-corrected chi connectivity index (χ2v) is 7.71. The zero-order chi connectivity index (χ0) is 24.1. The number of methoxy groups -OCH3 is 1.